The highest BCUT2D eigenvalue weighted by Gasteiger charge is 2.26. The summed E-state index contributed by atoms with van der Waals surface area (Å²) in [4.78, 5) is 0. The van der Waals surface area contributed by atoms with Gasteiger partial charge in [0.25, 0.3) is 0 Å². The Hall–Kier alpha value is -3.49. The number of methoxy groups -OCH3 is 1. The minimum Gasteiger partial charge on any atom is -0.497 e. The molecule has 2 aromatic carbocycles. The third kappa shape index (κ3) is 3.31. The molecule has 0 spiro atoms. The summed E-state index contributed by atoms with van der Waals surface area (Å²) in [5.74, 6) is 1.20. The maximum atomic E-state index is 12.8. The van der Waals surface area contributed by atoms with Gasteiger partial charge in [-0.2, -0.15) is 13.5 Å². The van der Waals surface area contributed by atoms with Gasteiger partial charge in [-0.1, -0.05) is 29.4 Å². The zero-order valence-electron chi connectivity index (χ0n) is 14.2. The molecule has 0 aliphatic carbocycles. The lowest BCUT2D eigenvalue weighted by molar-refractivity contribution is -0.0500. The number of para-hydroxylation sites is 1. The molecule has 0 fully saturated rings. The average molecular weight is 371 g/mol. The zero-order chi connectivity index (χ0) is 18.8. The van der Waals surface area contributed by atoms with Crippen LogP contribution in [0.4, 0.5) is 14.7 Å². The second-order valence-electron chi connectivity index (χ2n) is 5.75. The Balaban J connectivity index is 1.77. The van der Waals surface area contributed by atoms with E-state index in [1.54, 1.807) is 30.0 Å². The van der Waals surface area contributed by atoms with Crippen molar-refractivity contribution in [3.8, 4) is 11.5 Å². The highest BCUT2D eigenvalue weighted by molar-refractivity contribution is 5.80. The molecule has 3 aromatic rings. The smallest absolute Gasteiger partial charge is 0.387 e. The predicted molar refractivity (Wildman–Crippen MR) is 93.6 cm³/mol. The highest BCUT2D eigenvalue weighted by Crippen LogP contribution is 2.35. The molecule has 1 aliphatic rings. The molecule has 0 radical (unpaired) electrons. The van der Waals surface area contributed by atoms with E-state index in [4.69, 9.17) is 4.74 Å². The molecule has 0 bridgehead atoms. The van der Waals surface area contributed by atoms with Gasteiger partial charge in [0.15, 0.2) is 0 Å². The van der Waals surface area contributed by atoms with Crippen LogP contribution in [-0.4, -0.2) is 33.9 Å². The van der Waals surface area contributed by atoms with E-state index in [0.717, 1.165) is 11.3 Å². The Labute approximate surface area is 153 Å². The van der Waals surface area contributed by atoms with Crippen molar-refractivity contribution in [2.45, 2.75) is 12.7 Å². The van der Waals surface area contributed by atoms with Crippen LogP contribution in [0.3, 0.4) is 0 Å². The Morgan fingerprint density at radius 2 is 1.89 bits per heavy atom. The fourth-order valence-corrected chi connectivity index (χ4v) is 2.94. The van der Waals surface area contributed by atoms with Crippen LogP contribution < -0.4 is 14.8 Å². The highest BCUT2D eigenvalue weighted by atomic mass is 19.3. The summed E-state index contributed by atoms with van der Waals surface area (Å²) < 4.78 is 37.0. The van der Waals surface area contributed by atoms with Crippen LogP contribution >= 0.6 is 0 Å². The Morgan fingerprint density at radius 3 is 2.63 bits per heavy atom. The lowest BCUT2D eigenvalue weighted by atomic mass is 10.0. The van der Waals surface area contributed by atoms with Crippen molar-refractivity contribution >= 4 is 11.6 Å². The third-order valence-corrected chi connectivity index (χ3v) is 4.18. The molecule has 1 N–H and O–H groups in total. The standard InChI is InChI=1S/C18H15F2N5O2/c1-26-12-8-6-11(7-9-12)15-10-14(21-18-22-23-24-25(15)18)13-4-2-3-5-16(13)27-17(19)20/h2-10,15,17H,1H3,(H,21,22,24)/t15-/m1/s1. The first kappa shape index (κ1) is 17.0. The minimum atomic E-state index is -2.92. The van der Waals surface area contributed by atoms with Gasteiger partial charge in [0.1, 0.15) is 17.5 Å². The summed E-state index contributed by atoms with van der Waals surface area (Å²) in [6, 6.07) is 13.7. The minimum absolute atomic E-state index is 0.0701. The molecular formula is C18H15F2N5O2. The third-order valence-electron chi connectivity index (χ3n) is 4.18. The Kier molecular flexibility index (Phi) is 4.41. The number of alkyl halides is 2. The summed E-state index contributed by atoms with van der Waals surface area (Å²) >= 11 is 0. The fourth-order valence-electron chi connectivity index (χ4n) is 2.94. The molecule has 0 unspecified atom stereocenters. The van der Waals surface area contributed by atoms with Gasteiger partial charge in [-0.25, -0.2) is 0 Å². The van der Waals surface area contributed by atoms with Crippen LogP contribution in [0.2, 0.25) is 0 Å². The molecule has 4 rings (SSSR count). The summed E-state index contributed by atoms with van der Waals surface area (Å²) in [5, 5.41) is 14.8. The first-order valence-corrected chi connectivity index (χ1v) is 8.10. The molecule has 2 heterocycles. The van der Waals surface area contributed by atoms with Crippen LogP contribution in [0.25, 0.3) is 5.70 Å². The van der Waals surface area contributed by atoms with Crippen LogP contribution in [0.15, 0.2) is 54.6 Å². The molecule has 1 aliphatic heterocycles. The Morgan fingerprint density at radius 1 is 1.11 bits per heavy atom. The molecule has 138 valence electrons. The van der Waals surface area contributed by atoms with Crippen molar-refractivity contribution in [3.05, 3.63) is 65.7 Å². The van der Waals surface area contributed by atoms with E-state index in [9.17, 15) is 8.78 Å². The normalized spacial score (nSPS) is 15.7. The van der Waals surface area contributed by atoms with Crippen molar-refractivity contribution in [1.29, 1.82) is 0 Å². The summed E-state index contributed by atoms with van der Waals surface area (Å²) in [6.07, 6.45) is 1.86. The number of halogens is 2. The number of ether oxygens (including phenoxy) is 2. The molecule has 0 saturated heterocycles. The second kappa shape index (κ2) is 7.02. The summed E-state index contributed by atoms with van der Waals surface area (Å²) in [6.45, 7) is -2.92. The van der Waals surface area contributed by atoms with Crippen molar-refractivity contribution in [3.63, 3.8) is 0 Å². The van der Waals surface area contributed by atoms with Gasteiger partial charge >= 0.3 is 6.61 Å². The summed E-state index contributed by atoms with van der Waals surface area (Å²) in [5.41, 5.74) is 1.98. The topological polar surface area (TPSA) is 74.1 Å². The number of hydrogen-bond acceptors (Lipinski definition) is 6. The van der Waals surface area contributed by atoms with E-state index in [1.807, 2.05) is 30.3 Å². The number of aromatic nitrogens is 4. The SMILES string of the molecule is COc1ccc([C@H]2C=C(c3ccccc3OC(F)F)Nc3nnnn32)cc1. The molecule has 1 aromatic heterocycles. The van der Waals surface area contributed by atoms with Crippen molar-refractivity contribution < 1.29 is 18.3 Å². The average Bonchev–Trinajstić information content (AvgIpc) is 3.16. The molecule has 7 nitrogen and oxygen atoms in total. The molecule has 0 saturated carbocycles. The number of benzene rings is 2. The van der Waals surface area contributed by atoms with Crippen LogP contribution in [0.1, 0.15) is 17.2 Å². The number of tetrazole rings is 1. The van der Waals surface area contributed by atoms with Gasteiger partial charge in [0, 0.05) is 5.56 Å². The first-order chi connectivity index (χ1) is 13.2. The van der Waals surface area contributed by atoms with Crippen LogP contribution in [-0.2, 0) is 0 Å². The van der Waals surface area contributed by atoms with Gasteiger partial charge in [0.2, 0.25) is 5.95 Å². The second-order valence-corrected chi connectivity index (χ2v) is 5.75. The molecule has 9 heteroatoms. The number of nitrogens with zero attached hydrogens (tertiary/aromatic N) is 4. The number of nitrogens with one attached hydrogen (secondary N) is 1. The molecule has 1 atom stereocenters. The van der Waals surface area contributed by atoms with Gasteiger partial charge in [-0.3, -0.25) is 0 Å². The van der Waals surface area contributed by atoms with E-state index < -0.39 is 6.61 Å². The van der Waals surface area contributed by atoms with E-state index in [2.05, 4.69) is 25.6 Å². The number of allylic oxidation sites excluding steroid dienone is 1. The van der Waals surface area contributed by atoms with Crippen LogP contribution in [0.5, 0.6) is 11.5 Å². The summed E-state index contributed by atoms with van der Waals surface area (Å²) in [7, 11) is 1.59. The van der Waals surface area contributed by atoms with E-state index in [1.165, 1.54) is 6.07 Å². The first-order valence-electron chi connectivity index (χ1n) is 8.10. The van der Waals surface area contributed by atoms with Crippen molar-refractivity contribution in [2.24, 2.45) is 0 Å². The fraction of sp³-hybridized carbons (Fsp3) is 0.167. The maximum absolute atomic E-state index is 12.8. The number of anilines is 1. The largest absolute Gasteiger partial charge is 0.497 e. The Bertz CT molecular complexity index is 972. The van der Waals surface area contributed by atoms with Gasteiger partial charge in [-0.15, -0.1) is 0 Å². The quantitative estimate of drug-likeness (QED) is 0.742. The van der Waals surface area contributed by atoms with Gasteiger partial charge < -0.3 is 14.8 Å². The lowest BCUT2D eigenvalue weighted by Crippen LogP contribution is -2.20. The zero-order valence-corrected chi connectivity index (χ0v) is 14.2. The lowest BCUT2D eigenvalue weighted by Gasteiger charge is -2.24. The number of rotatable bonds is 5. The number of hydrogen-bond donors (Lipinski definition) is 1. The molecular weight excluding hydrogens is 356 g/mol. The number of fused-ring (bicyclic) bond motifs is 1. The van der Waals surface area contributed by atoms with E-state index in [-0.39, 0.29) is 11.8 Å². The van der Waals surface area contributed by atoms with Crippen LogP contribution in [0, 0.1) is 0 Å². The van der Waals surface area contributed by atoms with E-state index in [0.29, 0.717) is 17.2 Å². The molecule has 27 heavy (non-hydrogen) atoms. The monoisotopic (exact) mass is 371 g/mol. The van der Waals surface area contributed by atoms with Crippen molar-refractivity contribution in [2.75, 3.05) is 12.4 Å². The molecule has 0 amide bonds. The van der Waals surface area contributed by atoms with Gasteiger partial charge in [-0.05, 0) is 46.3 Å². The van der Waals surface area contributed by atoms with Crippen molar-refractivity contribution in [1.82, 2.24) is 20.2 Å². The van der Waals surface area contributed by atoms with E-state index >= 15 is 0 Å². The van der Waals surface area contributed by atoms with Gasteiger partial charge in [0.05, 0.1) is 12.8 Å². The maximum Gasteiger partial charge on any atom is 0.387 e. The predicted octanol–water partition coefficient (Wildman–Crippen LogP) is 3.34.